The van der Waals surface area contributed by atoms with E-state index in [1.54, 1.807) is 0 Å². The largest absolute Gasteiger partial charge is 0.494 e. The second-order valence-electron chi connectivity index (χ2n) is 4.12. The van der Waals surface area contributed by atoms with E-state index in [1.165, 1.54) is 0 Å². The fourth-order valence-corrected chi connectivity index (χ4v) is 2.72. The highest BCUT2D eigenvalue weighted by Gasteiger charge is 2.11. The van der Waals surface area contributed by atoms with Crippen LogP contribution in [0.25, 0.3) is 0 Å². The lowest BCUT2D eigenvalue weighted by Crippen LogP contribution is -2.04. The van der Waals surface area contributed by atoms with Crippen molar-refractivity contribution in [1.29, 1.82) is 0 Å². The molecule has 2 rings (SSSR count). The number of hydrogen-bond acceptors (Lipinski definition) is 4. The molecule has 0 radical (unpaired) electrons. The Morgan fingerprint density at radius 1 is 1.26 bits per heavy atom. The van der Waals surface area contributed by atoms with Gasteiger partial charge in [-0.25, -0.2) is 0 Å². The van der Waals surface area contributed by atoms with Crippen LogP contribution in [0.3, 0.4) is 0 Å². The van der Waals surface area contributed by atoms with E-state index in [9.17, 15) is 4.21 Å². The molecule has 0 aliphatic heterocycles. The average Bonchev–Trinajstić information content (AvgIpc) is 2.72. The van der Waals surface area contributed by atoms with E-state index < -0.39 is 10.8 Å². The highest BCUT2D eigenvalue weighted by molar-refractivity contribution is 7.84. The van der Waals surface area contributed by atoms with Crippen molar-refractivity contribution in [3.63, 3.8) is 0 Å². The van der Waals surface area contributed by atoms with Crippen molar-refractivity contribution in [2.45, 2.75) is 24.5 Å². The smallest absolute Gasteiger partial charge is 0.145 e. The highest BCUT2D eigenvalue weighted by atomic mass is 32.2. The number of nitrogens with zero attached hydrogens (tertiary/aromatic N) is 3. The predicted molar refractivity (Wildman–Crippen MR) is 73.5 cm³/mol. The van der Waals surface area contributed by atoms with Crippen LogP contribution in [0.4, 0.5) is 0 Å². The summed E-state index contributed by atoms with van der Waals surface area (Å²) in [6.07, 6.45) is 0. The molecule has 0 amide bonds. The van der Waals surface area contributed by atoms with Gasteiger partial charge in [0, 0.05) is 11.9 Å². The number of benzene rings is 1. The lowest BCUT2D eigenvalue weighted by molar-refractivity contribution is 0.340. The van der Waals surface area contributed by atoms with Gasteiger partial charge in [-0.3, -0.25) is 4.21 Å². The topological polar surface area (TPSA) is 57.0 Å². The molecule has 0 saturated carbocycles. The van der Waals surface area contributed by atoms with Gasteiger partial charge >= 0.3 is 0 Å². The predicted octanol–water partition coefficient (Wildman–Crippen LogP) is 1.83. The summed E-state index contributed by atoms with van der Waals surface area (Å²) < 4.78 is 19.4. The summed E-state index contributed by atoms with van der Waals surface area (Å²) in [6.45, 7) is 4.43. The van der Waals surface area contributed by atoms with E-state index in [1.807, 2.05) is 49.7 Å². The van der Waals surface area contributed by atoms with Crippen molar-refractivity contribution in [2.24, 2.45) is 7.05 Å². The zero-order chi connectivity index (χ0) is 13.8. The number of aryl methyl sites for hydroxylation is 1. The molecule has 6 heteroatoms. The van der Waals surface area contributed by atoms with Crippen LogP contribution >= 0.6 is 0 Å². The third-order valence-corrected chi connectivity index (χ3v) is 4.16. The quantitative estimate of drug-likeness (QED) is 0.838. The Labute approximate surface area is 115 Å². The first-order valence-electron chi connectivity index (χ1n) is 6.08. The molecule has 0 unspecified atom stereocenters. The minimum atomic E-state index is -1.12. The molecule has 0 saturated heterocycles. The Morgan fingerprint density at radius 3 is 2.47 bits per heavy atom. The molecule has 102 valence electrons. The average molecular weight is 279 g/mol. The summed E-state index contributed by atoms with van der Waals surface area (Å²) in [5.74, 6) is 2.70. The molecule has 0 bridgehead atoms. The number of rotatable bonds is 5. The van der Waals surface area contributed by atoms with Crippen molar-refractivity contribution in [3.8, 4) is 5.75 Å². The van der Waals surface area contributed by atoms with Crippen LogP contribution in [0.1, 0.15) is 18.6 Å². The third-order valence-electron chi connectivity index (χ3n) is 2.84. The monoisotopic (exact) mass is 279 g/mol. The zero-order valence-corrected chi connectivity index (χ0v) is 12.1. The maximum absolute atomic E-state index is 12.2. The molecule has 0 fully saturated rings. The number of ether oxygens (including phenoxy) is 1. The van der Waals surface area contributed by atoms with E-state index in [0.717, 1.165) is 22.3 Å². The van der Waals surface area contributed by atoms with E-state index in [0.29, 0.717) is 12.4 Å². The maximum atomic E-state index is 12.2. The van der Waals surface area contributed by atoms with Crippen molar-refractivity contribution in [3.05, 3.63) is 35.9 Å². The Hall–Kier alpha value is -1.69. The van der Waals surface area contributed by atoms with Crippen LogP contribution in [0.5, 0.6) is 5.75 Å². The minimum Gasteiger partial charge on any atom is -0.494 e. The first-order valence-corrected chi connectivity index (χ1v) is 7.39. The first kappa shape index (κ1) is 13.7. The van der Waals surface area contributed by atoms with E-state index >= 15 is 0 Å². The molecule has 1 atom stereocenters. The van der Waals surface area contributed by atoms with Gasteiger partial charge in [0.2, 0.25) is 0 Å². The van der Waals surface area contributed by atoms with Crippen LogP contribution in [0, 0.1) is 6.92 Å². The fraction of sp³-hybridized carbons (Fsp3) is 0.385. The summed E-state index contributed by atoms with van der Waals surface area (Å²) in [5, 5.41) is 7.98. The summed E-state index contributed by atoms with van der Waals surface area (Å²) in [4.78, 5) is 0.768. The molecule has 1 heterocycles. The Bertz CT molecular complexity index is 578. The van der Waals surface area contributed by atoms with E-state index in [2.05, 4.69) is 10.2 Å². The van der Waals surface area contributed by atoms with Gasteiger partial charge < -0.3 is 9.30 Å². The van der Waals surface area contributed by atoms with Crippen LogP contribution in [0.2, 0.25) is 0 Å². The number of aromatic nitrogens is 3. The van der Waals surface area contributed by atoms with Gasteiger partial charge in [-0.15, -0.1) is 10.2 Å². The number of hydrogen-bond donors (Lipinski definition) is 0. The maximum Gasteiger partial charge on any atom is 0.145 e. The molecule has 5 nitrogen and oxygen atoms in total. The second-order valence-corrected chi connectivity index (χ2v) is 5.57. The van der Waals surface area contributed by atoms with Gasteiger partial charge in [0.25, 0.3) is 0 Å². The minimum absolute atomic E-state index is 0.366. The van der Waals surface area contributed by atoms with E-state index in [-0.39, 0.29) is 0 Å². The van der Waals surface area contributed by atoms with Crippen LogP contribution < -0.4 is 4.74 Å². The normalized spacial score (nSPS) is 12.4. The van der Waals surface area contributed by atoms with Gasteiger partial charge in [-0.2, -0.15) is 0 Å². The van der Waals surface area contributed by atoms with Crippen LogP contribution in [0.15, 0.2) is 29.2 Å². The Kier molecular flexibility index (Phi) is 4.31. The standard InChI is InChI=1S/C13H17N3O2S/c1-4-18-11-5-7-12(8-6-11)19(17)9-13-15-14-10(2)16(13)3/h5-8H,4,9H2,1-3H3/t19-/m1/s1. The summed E-state index contributed by atoms with van der Waals surface area (Å²) >= 11 is 0. The second kappa shape index (κ2) is 5.97. The summed E-state index contributed by atoms with van der Waals surface area (Å²) in [6, 6.07) is 7.31. The molecule has 0 aliphatic carbocycles. The third kappa shape index (κ3) is 3.20. The summed E-state index contributed by atoms with van der Waals surface area (Å²) in [7, 11) is 0.753. The molecule has 1 aromatic carbocycles. The molecular formula is C13H17N3O2S. The van der Waals surface area contributed by atoms with Crippen LogP contribution in [-0.2, 0) is 23.6 Å². The highest BCUT2D eigenvalue weighted by Crippen LogP contribution is 2.16. The Balaban J connectivity index is 2.09. The van der Waals surface area contributed by atoms with Crippen LogP contribution in [-0.4, -0.2) is 25.6 Å². The van der Waals surface area contributed by atoms with E-state index in [4.69, 9.17) is 4.74 Å². The molecule has 2 aromatic rings. The van der Waals surface area contributed by atoms with Crippen molar-refractivity contribution >= 4 is 10.8 Å². The lowest BCUT2D eigenvalue weighted by atomic mass is 10.3. The fourth-order valence-electron chi connectivity index (χ4n) is 1.63. The zero-order valence-electron chi connectivity index (χ0n) is 11.3. The summed E-state index contributed by atoms with van der Waals surface area (Å²) in [5.41, 5.74) is 0. The molecule has 0 aliphatic rings. The van der Waals surface area contributed by atoms with Gasteiger partial charge in [0.15, 0.2) is 0 Å². The van der Waals surface area contributed by atoms with Crippen molar-refractivity contribution in [2.75, 3.05) is 6.61 Å². The van der Waals surface area contributed by atoms with Gasteiger partial charge in [-0.1, -0.05) is 0 Å². The van der Waals surface area contributed by atoms with Gasteiger partial charge in [-0.05, 0) is 38.1 Å². The molecule has 1 aromatic heterocycles. The SMILES string of the molecule is CCOc1ccc([S@](=O)Cc2nnc(C)n2C)cc1. The molecule has 0 spiro atoms. The first-order chi connectivity index (χ1) is 9.11. The van der Waals surface area contributed by atoms with Crippen molar-refractivity contribution < 1.29 is 8.95 Å². The molecular weight excluding hydrogens is 262 g/mol. The van der Waals surface area contributed by atoms with Crippen molar-refractivity contribution in [1.82, 2.24) is 14.8 Å². The molecule has 19 heavy (non-hydrogen) atoms. The van der Waals surface area contributed by atoms with Gasteiger partial charge in [0.05, 0.1) is 23.2 Å². The molecule has 0 N–H and O–H groups in total. The lowest BCUT2D eigenvalue weighted by Gasteiger charge is -2.05. The van der Waals surface area contributed by atoms with Gasteiger partial charge in [0.1, 0.15) is 17.4 Å². The Morgan fingerprint density at radius 2 is 1.95 bits per heavy atom.